The molecule has 0 saturated heterocycles. The van der Waals surface area contributed by atoms with Crippen molar-refractivity contribution in [1.82, 2.24) is 4.98 Å². The van der Waals surface area contributed by atoms with Gasteiger partial charge in [0.05, 0.1) is 5.75 Å². The van der Waals surface area contributed by atoms with Crippen LogP contribution in [0.15, 0.2) is 6.07 Å². The Balaban J connectivity index is 2.25. The van der Waals surface area contributed by atoms with E-state index in [0.717, 1.165) is 29.9 Å². The van der Waals surface area contributed by atoms with Crippen LogP contribution in [0.25, 0.3) is 0 Å². The lowest BCUT2D eigenvalue weighted by Crippen LogP contribution is -2.28. The number of fused-ring (bicyclic) bond motifs is 1. The van der Waals surface area contributed by atoms with Gasteiger partial charge in [-0.25, -0.2) is 13.4 Å². The van der Waals surface area contributed by atoms with E-state index in [2.05, 4.69) is 6.07 Å². The number of nitrogens with zero attached hydrogens (tertiary/aromatic N) is 2. The first-order chi connectivity index (χ1) is 9.40. The van der Waals surface area contributed by atoms with Gasteiger partial charge in [0, 0.05) is 37.7 Å². The Bertz CT molecular complexity index is 584. The van der Waals surface area contributed by atoms with E-state index >= 15 is 0 Å². The predicted octanol–water partition coefficient (Wildman–Crippen LogP) is 0.900. The van der Waals surface area contributed by atoms with Crippen molar-refractivity contribution in [1.29, 1.82) is 0 Å². The second-order valence-electron chi connectivity index (χ2n) is 5.54. The molecule has 1 heterocycles. The van der Waals surface area contributed by atoms with E-state index in [1.807, 2.05) is 11.9 Å². The smallest absolute Gasteiger partial charge is 0.149 e. The molecule has 0 aliphatic heterocycles. The van der Waals surface area contributed by atoms with Crippen LogP contribution in [0.1, 0.15) is 29.7 Å². The van der Waals surface area contributed by atoms with Crippen LogP contribution in [0.2, 0.25) is 0 Å². The van der Waals surface area contributed by atoms with Crippen LogP contribution in [0.4, 0.5) is 5.82 Å². The molecule has 112 valence electrons. The minimum absolute atomic E-state index is 0.131. The van der Waals surface area contributed by atoms with E-state index in [4.69, 9.17) is 10.7 Å². The van der Waals surface area contributed by atoms with Crippen molar-refractivity contribution in [2.24, 2.45) is 5.73 Å². The average molecular weight is 297 g/mol. The molecule has 1 aliphatic rings. The number of hydrogen-bond acceptors (Lipinski definition) is 5. The maximum absolute atomic E-state index is 11.3. The van der Waals surface area contributed by atoms with Gasteiger partial charge in [0.1, 0.15) is 15.7 Å². The fraction of sp³-hybridized carbons (Fsp3) is 0.643. The molecule has 1 aromatic rings. The average Bonchev–Trinajstić information content (AvgIpc) is 2.42. The number of rotatable bonds is 5. The van der Waals surface area contributed by atoms with Crippen LogP contribution in [-0.4, -0.2) is 39.0 Å². The van der Waals surface area contributed by atoms with Crippen molar-refractivity contribution < 1.29 is 8.42 Å². The van der Waals surface area contributed by atoms with E-state index in [-0.39, 0.29) is 5.75 Å². The lowest BCUT2D eigenvalue weighted by atomic mass is 9.94. The third-order valence-electron chi connectivity index (χ3n) is 3.74. The molecule has 2 rings (SSSR count). The third-order valence-corrected chi connectivity index (χ3v) is 4.66. The molecule has 0 aromatic carbocycles. The summed E-state index contributed by atoms with van der Waals surface area (Å²) >= 11 is 0. The summed E-state index contributed by atoms with van der Waals surface area (Å²) in [5, 5.41) is 0. The minimum atomic E-state index is -2.96. The van der Waals surface area contributed by atoms with Gasteiger partial charge >= 0.3 is 0 Å². The standard InChI is InChI=1S/C14H23N3O2S/c1-17(7-8-20(2,18)19)14-12(10-15)9-11-5-3-4-6-13(11)16-14/h9H,3-8,10,15H2,1-2H3. The second-order valence-corrected chi connectivity index (χ2v) is 7.80. The van der Waals surface area contributed by atoms with Crippen molar-refractivity contribution in [3.63, 3.8) is 0 Å². The normalized spacial score (nSPS) is 14.9. The van der Waals surface area contributed by atoms with Gasteiger partial charge in [-0.2, -0.15) is 0 Å². The molecule has 5 nitrogen and oxygen atoms in total. The Morgan fingerprint density at radius 1 is 1.35 bits per heavy atom. The van der Waals surface area contributed by atoms with E-state index in [1.165, 1.54) is 24.7 Å². The van der Waals surface area contributed by atoms with Gasteiger partial charge in [-0.15, -0.1) is 0 Å². The van der Waals surface area contributed by atoms with Crippen LogP contribution < -0.4 is 10.6 Å². The number of aromatic nitrogens is 1. The molecule has 0 amide bonds. The molecule has 1 aliphatic carbocycles. The molecular formula is C14H23N3O2S. The molecule has 0 saturated carbocycles. The maximum atomic E-state index is 11.3. The Morgan fingerprint density at radius 2 is 2.05 bits per heavy atom. The van der Waals surface area contributed by atoms with Crippen molar-refractivity contribution in [2.75, 3.05) is 30.5 Å². The Labute approximate surface area is 121 Å². The summed E-state index contributed by atoms with van der Waals surface area (Å²) in [6.07, 6.45) is 5.72. The van der Waals surface area contributed by atoms with Crippen molar-refractivity contribution in [2.45, 2.75) is 32.2 Å². The molecule has 0 fully saturated rings. The summed E-state index contributed by atoms with van der Waals surface area (Å²) in [5.41, 5.74) is 9.27. The molecule has 0 spiro atoms. The van der Waals surface area contributed by atoms with E-state index in [1.54, 1.807) is 0 Å². The molecule has 0 atom stereocenters. The number of aryl methyl sites for hydroxylation is 2. The van der Waals surface area contributed by atoms with E-state index in [9.17, 15) is 8.42 Å². The van der Waals surface area contributed by atoms with Gasteiger partial charge in [0.2, 0.25) is 0 Å². The fourth-order valence-electron chi connectivity index (χ4n) is 2.56. The first kappa shape index (κ1) is 15.3. The summed E-state index contributed by atoms with van der Waals surface area (Å²) in [7, 11) is -1.09. The summed E-state index contributed by atoms with van der Waals surface area (Å²) in [6, 6.07) is 2.15. The monoisotopic (exact) mass is 297 g/mol. The highest BCUT2D eigenvalue weighted by atomic mass is 32.2. The molecular weight excluding hydrogens is 274 g/mol. The highest BCUT2D eigenvalue weighted by Gasteiger charge is 2.17. The molecule has 0 radical (unpaired) electrons. The molecule has 0 unspecified atom stereocenters. The summed E-state index contributed by atoms with van der Waals surface area (Å²) in [5.74, 6) is 0.962. The molecule has 2 N–H and O–H groups in total. The summed E-state index contributed by atoms with van der Waals surface area (Å²) in [4.78, 5) is 6.64. The Kier molecular flexibility index (Phi) is 4.65. The van der Waals surface area contributed by atoms with Crippen LogP contribution in [0, 0.1) is 0 Å². The topological polar surface area (TPSA) is 76.3 Å². The van der Waals surface area contributed by atoms with Crippen molar-refractivity contribution in [3.8, 4) is 0 Å². The number of sulfone groups is 1. The number of anilines is 1. The first-order valence-corrected chi connectivity index (χ1v) is 9.07. The van der Waals surface area contributed by atoms with Crippen molar-refractivity contribution in [3.05, 3.63) is 22.9 Å². The van der Waals surface area contributed by atoms with E-state index < -0.39 is 9.84 Å². The summed E-state index contributed by atoms with van der Waals surface area (Å²) < 4.78 is 22.6. The van der Waals surface area contributed by atoms with Gasteiger partial charge < -0.3 is 10.6 Å². The zero-order valence-corrected chi connectivity index (χ0v) is 13.0. The second kappa shape index (κ2) is 6.10. The molecule has 6 heteroatoms. The quantitative estimate of drug-likeness (QED) is 0.874. The van der Waals surface area contributed by atoms with Crippen molar-refractivity contribution >= 4 is 15.7 Å². The van der Waals surface area contributed by atoms with Crippen LogP contribution in [-0.2, 0) is 29.2 Å². The molecule has 1 aromatic heterocycles. The Morgan fingerprint density at radius 3 is 2.70 bits per heavy atom. The maximum Gasteiger partial charge on any atom is 0.149 e. The number of pyridine rings is 1. The number of nitrogens with two attached hydrogens (primary N) is 1. The summed E-state index contributed by atoms with van der Waals surface area (Å²) in [6.45, 7) is 0.871. The van der Waals surface area contributed by atoms with Gasteiger partial charge in [0.15, 0.2) is 0 Å². The van der Waals surface area contributed by atoms with Gasteiger partial charge in [0.25, 0.3) is 0 Å². The highest BCUT2D eigenvalue weighted by Crippen LogP contribution is 2.26. The SMILES string of the molecule is CN(CCS(C)(=O)=O)c1nc2c(cc1CN)CCCC2. The van der Waals surface area contributed by atoms with Crippen LogP contribution in [0.3, 0.4) is 0 Å². The van der Waals surface area contributed by atoms with Crippen LogP contribution >= 0.6 is 0 Å². The lowest BCUT2D eigenvalue weighted by molar-refractivity contribution is 0.600. The zero-order chi connectivity index (χ0) is 14.8. The fourth-order valence-corrected chi connectivity index (χ4v) is 3.17. The third kappa shape index (κ3) is 3.70. The minimum Gasteiger partial charge on any atom is -0.358 e. The molecule has 20 heavy (non-hydrogen) atoms. The van der Waals surface area contributed by atoms with E-state index in [0.29, 0.717) is 13.1 Å². The van der Waals surface area contributed by atoms with Gasteiger partial charge in [-0.3, -0.25) is 0 Å². The predicted molar refractivity (Wildman–Crippen MR) is 81.8 cm³/mol. The lowest BCUT2D eigenvalue weighted by Gasteiger charge is -2.24. The zero-order valence-electron chi connectivity index (χ0n) is 12.2. The van der Waals surface area contributed by atoms with Gasteiger partial charge in [-0.1, -0.05) is 0 Å². The first-order valence-electron chi connectivity index (χ1n) is 7.01. The Hall–Kier alpha value is -1.14. The molecule has 0 bridgehead atoms. The number of hydrogen-bond donors (Lipinski definition) is 1. The van der Waals surface area contributed by atoms with Gasteiger partial charge in [-0.05, 0) is 37.3 Å². The van der Waals surface area contributed by atoms with Crippen LogP contribution in [0.5, 0.6) is 0 Å². The largest absolute Gasteiger partial charge is 0.358 e. The highest BCUT2D eigenvalue weighted by molar-refractivity contribution is 7.90.